The Kier molecular flexibility index (Phi) is 3.50. The summed E-state index contributed by atoms with van der Waals surface area (Å²) < 4.78 is 62.9. The van der Waals surface area contributed by atoms with E-state index in [0.29, 0.717) is 0 Å². The molecule has 0 unspecified atom stereocenters. The summed E-state index contributed by atoms with van der Waals surface area (Å²) in [5, 5.41) is 8.35. The van der Waals surface area contributed by atoms with Gasteiger partial charge in [0.1, 0.15) is 11.4 Å². The van der Waals surface area contributed by atoms with Gasteiger partial charge in [-0.15, -0.1) is 0 Å². The molecule has 0 saturated heterocycles. The quantitative estimate of drug-likeness (QED) is 0.822. The number of halogens is 5. The molecule has 1 rings (SSSR count). The molecule has 0 aliphatic rings. The summed E-state index contributed by atoms with van der Waals surface area (Å²) in [4.78, 5) is 3.18. The van der Waals surface area contributed by atoms with E-state index in [1.54, 1.807) is 0 Å². The van der Waals surface area contributed by atoms with Crippen LogP contribution in [0.1, 0.15) is 23.1 Å². The average molecular weight is 251 g/mol. The van der Waals surface area contributed by atoms with Crippen molar-refractivity contribution in [1.29, 1.82) is 5.26 Å². The van der Waals surface area contributed by atoms with Gasteiger partial charge in [-0.3, -0.25) is 0 Å². The molecule has 1 heterocycles. The molecule has 0 bridgehead atoms. The van der Waals surface area contributed by atoms with Gasteiger partial charge >= 0.3 is 6.18 Å². The lowest BCUT2D eigenvalue weighted by molar-refractivity contribution is -0.139. The molecular weight excluding hydrogens is 245 g/mol. The van der Waals surface area contributed by atoms with Gasteiger partial charge in [-0.25, -0.2) is 13.8 Å². The first kappa shape index (κ1) is 13.2. The minimum atomic E-state index is -5.03. The van der Waals surface area contributed by atoms with Crippen LogP contribution in [0.15, 0.2) is 6.20 Å². The zero-order chi connectivity index (χ0) is 13.2. The summed E-state index contributed by atoms with van der Waals surface area (Å²) >= 11 is 0. The highest BCUT2D eigenvalue weighted by atomic mass is 19.4. The van der Waals surface area contributed by atoms with Crippen molar-refractivity contribution in [2.45, 2.75) is 19.0 Å². The summed E-state index contributed by atoms with van der Waals surface area (Å²) in [5.41, 5.74) is 1.56. The highest BCUT2D eigenvalue weighted by Crippen LogP contribution is 2.40. The largest absolute Gasteiger partial charge is 0.420 e. The highest BCUT2D eigenvalue weighted by Gasteiger charge is 2.40. The molecule has 92 valence electrons. The zero-order valence-corrected chi connectivity index (χ0v) is 8.22. The predicted molar refractivity (Wildman–Crippen MR) is 47.9 cm³/mol. The number of rotatable bonds is 2. The topological polar surface area (TPSA) is 62.7 Å². The van der Waals surface area contributed by atoms with E-state index in [2.05, 4.69) is 4.98 Å². The third kappa shape index (κ3) is 2.61. The van der Waals surface area contributed by atoms with E-state index < -0.39 is 41.5 Å². The van der Waals surface area contributed by atoms with Gasteiger partial charge in [0.15, 0.2) is 0 Å². The minimum Gasteiger partial charge on any atom is -0.383 e. The van der Waals surface area contributed by atoms with E-state index in [9.17, 15) is 22.0 Å². The van der Waals surface area contributed by atoms with E-state index in [1.165, 1.54) is 6.07 Å². The number of pyridine rings is 1. The molecule has 0 saturated carbocycles. The highest BCUT2D eigenvalue weighted by molar-refractivity contribution is 5.50. The van der Waals surface area contributed by atoms with E-state index >= 15 is 0 Å². The summed E-state index contributed by atoms with van der Waals surface area (Å²) in [7, 11) is 0. The van der Waals surface area contributed by atoms with Crippen LogP contribution < -0.4 is 5.73 Å². The molecule has 0 aliphatic heterocycles. The van der Waals surface area contributed by atoms with Gasteiger partial charge in [0.05, 0.1) is 12.5 Å². The van der Waals surface area contributed by atoms with Crippen molar-refractivity contribution in [3.05, 3.63) is 22.9 Å². The Morgan fingerprint density at radius 2 is 2.00 bits per heavy atom. The number of hydrogen-bond acceptors (Lipinski definition) is 3. The van der Waals surface area contributed by atoms with Crippen molar-refractivity contribution in [2.75, 3.05) is 5.73 Å². The zero-order valence-electron chi connectivity index (χ0n) is 8.22. The number of nitrogen functional groups attached to an aromatic ring is 1. The van der Waals surface area contributed by atoms with Crippen LogP contribution in [-0.4, -0.2) is 4.98 Å². The SMILES string of the molecule is N#CCc1cnc(N)c(C(F)(F)F)c1C(F)F. The Morgan fingerprint density at radius 1 is 1.41 bits per heavy atom. The Morgan fingerprint density at radius 3 is 2.41 bits per heavy atom. The molecule has 0 radical (unpaired) electrons. The van der Waals surface area contributed by atoms with Gasteiger partial charge in [0.2, 0.25) is 0 Å². The molecule has 17 heavy (non-hydrogen) atoms. The van der Waals surface area contributed by atoms with Crippen LogP contribution >= 0.6 is 0 Å². The maximum Gasteiger partial charge on any atom is 0.420 e. The van der Waals surface area contributed by atoms with E-state index in [4.69, 9.17) is 11.0 Å². The van der Waals surface area contributed by atoms with Crippen molar-refractivity contribution in [3.8, 4) is 6.07 Å². The second-order valence-electron chi connectivity index (χ2n) is 3.09. The lowest BCUT2D eigenvalue weighted by Gasteiger charge is -2.16. The lowest BCUT2D eigenvalue weighted by atomic mass is 10.0. The Labute approximate surface area is 92.7 Å². The van der Waals surface area contributed by atoms with E-state index in [-0.39, 0.29) is 0 Å². The van der Waals surface area contributed by atoms with E-state index in [1.807, 2.05) is 0 Å². The van der Waals surface area contributed by atoms with Crippen LogP contribution in [0.25, 0.3) is 0 Å². The molecule has 0 aliphatic carbocycles. The van der Waals surface area contributed by atoms with Crippen molar-refractivity contribution < 1.29 is 22.0 Å². The molecule has 0 spiro atoms. The van der Waals surface area contributed by atoms with Gasteiger partial charge in [0.25, 0.3) is 6.43 Å². The molecule has 2 N–H and O–H groups in total. The first-order valence-electron chi connectivity index (χ1n) is 4.28. The predicted octanol–water partition coefficient (Wildman–Crippen LogP) is 2.69. The molecule has 1 aromatic heterocycles. The molecule has 3 nitrogen and oxygen atoms in total. The third-order valence-corrected chi connectivity index (χ3v) is 2.00. The second-order valence-corrected chi connectivity index (χ2v) is 3.09. The summed E-state index contributed by atoms with van der Waals surface area (Å²) in [6.45, 7) is 0. The van der Waals surface area contributed by atoms with Crippen LogP contribution in [0, 0.1) is 11.3 Å². The lowest BCUT2D eigenvalue weighted by Crippen LogP contribution is -2.16. The van der Waals surface area contributed by atoms with Crippen molar-refractivity contribution >= 4 is 5.82 Å². The Hall–Kier alpha value is -1.91. The molecule has 8 heteroatoms. The van der Waals surface area contributed by atoms with Crippen molar-refractivity contribution in [2.24, 2.45) is 0 Å². The van der Waals surface area contributed by atoms with Crippen molar-refractivity contribution in [1.82, 2.24) is 4.98 Å². The molecule has 0 amide bonds. The first-order valence-corrected chi connectivity index (χ1v) is 4.28. The Bertz CT molecular complexity index is 461. The van der Waals surface area contributed by atoms with Crippen molar-refractivity contribution in [3.63, 3.8) is 0 Å². The van der Waals surface area contributed by atoms with E-state index in [0.717, 1.165) is 6.20 Å². The van der Waals surface area contributed by atoms with Crippen LogP contribution in [0.3, 0.4) is 0 Å². The maximum absolute atomic E-state index is 12.6. The average Bonchev–Trinajstić information content (AvgIpc) is 2.18. The standard InChI is InChI=1S/C9H6F5N3/c10-7(11)5-4(1-2-15)3-17-8(16)6(5)9(12,13)14/h3,7H,1H2,(H2,16,17). The smallest absolute Gasteiger partial charge is 0.383 e. The number of nitriles is 1. The fourth-order valence-electron chi connectivity index (χ4n) is 1.35. The number of nitrogens with two attached hydrogens (primary N) is 1. The molecule has 0 atom stereocenters. The fraction of sp³-hybridized carbons (Fsp3) is 0.333. The summed E-state index contributed by atoms with van der Waals surface area (Å²) in [6.07, 6.45) is -8.24. The van der Waals surface area contributed by atoms with Gasteiger partial charge in [0, 0.05) is 11.8 Å². The van der Waals surface area contributed by atoms with Gasteiger partial charge in [-0.2, -0.15) is 18.4 Å². The van der Waals surface area contributed by atoms with Crippen LogP contribution in [0.4, 0.5) is 27.8 Å². The fourth-order valence-corrected chi connectivity index (χ4v) is 1.35. The third-order valence-electron chi connectivity index (χ3n) is 2.00. The number of aromatic nitrogens is 1. The second kappa shape index (κ2) is 4.53. The monoisotopic (exact) mass is 251 g/mol. The molecule has 0 fully saturated rings. The number of hydrogen-bond donors (Lipinski definition) is 1. The van der Waals surface area contributed by atoms with Gasteiger partial charge in [-0.05, 0) is 5.56 Å². The van der Waals surface area contributed by atoms with Crippen LogP contribution in [0.5, 0.6) is 0 Å². The van der Waals surface area contributed by atoms with Crippen LogP contribution in [-0.2, 0) is 12.6 Å². The van der Waals surface area contributed by atoms with Crippen LogP contribution in [0.2, 0.25) is 0 Å². The summed E-state index contributed by atoms with van der Waals surface area (Å²) in [6, 6.07) is 1.50. The number of anilines is 1. The van der Waals surface area contributed by atoms with Gasteiger partial charge < -0.3 is 5.73 Å². The Balaban J connectivity index is 3.56. The number of alkyl halides is 5. The molecular formula is C9H6F5N3. The molecule has 0 aromatic carbocycles. The normalized spacial score (nSPS) is 11.6. The maximum atomic E-state index is 12.6. The first-order chi connectivity index (χ1) is 7.79. The van der Waals surface area contributed by atoms with Gasteiger partial charge in [-0.1, -0.05) is 0 Å². The summed E-state index contributed by atoms with van der Waals surface area (Å²) in [5.74, 6) is -1.02. The minimum absolute atomic E-state index is 0.468. The molecule has 1 aromatic rings. The number of nitrogens with zero attached hydrogens (tertiary/aromatic N) is 2.